The van der Waals surface area contributed by atoms with Gasteiger partial charge in [0.1, 0.15) is 17.3 Å². The van der Waals surface area contributed by atoms with E-state index in [1.165, 1.54) is 68.9 Å². The van der Waals surface area contributed by atoms with Crippen molar-refractivity contribution < 1.29 is 26.3 Å². The molecule has 1 N–H and O–H groups in total. The zero-order valence-corrected chi connectivity index (χ0v) is 20.2. The van der Waals surface area contributed by atoms with Crippen molar-refractivity contribution >= 4 is 41.4 Å². The van der Waals surface area contributed by atoms with Gasteiger partial charge in [0.05, 0.1) is 24.0 Å². The van der Waals surface area contributed by atoms with Crippen molar-refractivity contribution in [1.29, 1.82) is 0 Å². The average Bonchev–Trinajstić information content (AvgIpc) is 2.80. The number of benzene rings is 2. The molecule has 0 aliphatic rings. The normalized spacial score (nSPS) is 11.5. The standard InChI is InChI=1S/C21H19BrN2O6S2/c1-29-16-4-8-18(9-5-16)31(25,26)21(14-24-20-12-3-15(22)13-23-20)32(27,28)19-10-6-17(30-2)7-11-19/h3-14H,1-2H3,(H,23,24). The second-order valence-electron chi connectivity index (χ2n) is 6.33. The van der Waals surface area contributed by atoms with Gasteiger partial charge in [-0.25, -0.2) is 21.8 Å². The van der Waals surface area contributed by atoms with Crippen LogP contribution < -0.4 is 14.8 Å². The Morgan fingerprint density at radius 3 is 1.66 bits per heavy atom. The van der Waals surface area contributed by atoms with Gasteiger partial charge in [0.25, 0.3) is 0 Å². The summed E-state index contributed by atoms with van der Waals surface area (Å²) >= 11 is 3.26. The number of methoxy groups -OCH3 is 2. The molecule has 0 saturated carbocycles. The fraction of sp³-hybridized carbons (Fsp3) is 0.0952. The molecule has 0 fully saturated rings. The van der Waals surface area contributed by atoms with Crippen LogP contribution in [0, 0.1) is 0 Å². The SMILES string of the molecule is COc1ccc(S(=O)(=O)C(=CNc2ccc(Br)cn2)S(=O)(=O)c2ccc(OC)cc2)cc1. The molecule has 2 aromatic carbocycles. The lowest BCUT2D eigenvalue weighted by atomic mass is 10.3. The Bertz CT molecular complexity index is 1240. The van der Waals surface area contributed by atoms with Crippen molar-refractivity contribution in [2.75, 3.05) is 19.5 Å². The number of nitrogens with one attached hydrogen (secondary N) is 1. The van der Waals surface area contributed by atoms with E-state index in [2.05, 4.69) is 26.2 Å². The van der Waals surface area contributed by atoms with Crippen molar-refractivity contribution in [2.45, 2.75) is 9.79 Å². The molecule has 3 rings (SSSR count). The van der Waals surface area contributed by atoms with Crippen molar-refractivity contribution in [1.82, 2.24) is 4.98 Å². The highest BCUT2D eigenvalue weighted by atomic mass is 79.9. The lowest BCUT2D eigenvalue weighted by molar-refractivity contribution is 0.414. The molecule has 0 aliphatic heterocycles. The van der Waals surface area contributed by atoms with Gasteiger partial charge in [-0.1, -0.05) is 0 Å². The second-order valence-corrected chi connectivity index (χ2v) is 11.3. The zero-order chi connectivity index (χ0) is 23.4. The molecule has 11 heteroatoms. The molecular formula is C21H19BrN2O6S2. The summed E-state index contributed by atoms with van der Waals surface area (Å²) in [6, 6.07) is 14.1. The summed E-state index contributed by atoms with van der Waals surface area (Å²) in [5, 5.41) is 2.67. The molecule has 0 unspecified atom stereocenters. The van der Waals surface area contributed by atoms with Crippen LogP contribution in [0.5, 0.6) is 11.5 Å². The van der Waals surface area contributed by atoms with Gasteiger partial charge in [0, 0.05) is 16.9 Å². The first-order valence-electron chi connectivity index (χ1n) is 9.05. The summed E-state index contributed by atoms with van der Waals surface area (Å²) < 4.78 is 63.5. The van der Waals surface area contributed by atoms with Crippen LogP contribution in [0.3, 0.4) is 0 Å². The third kappa shape index (κ3) is 5.12. The Balaban J connectivity index is 2.12. The largest absolute Gasteiger partial charge is 0.497 e. The van der Waals surface area contributed by atoms with Gasteiger partial charge in [-0.05, 0) is 76.6 Å². The predicted octanol–water partition coefficient (Wildman–Crippen LogP) is 4.02. The molecule has 0 saturated heterocycles. The number of anilines is 1. The smallest absolute Gasteiger partial charge is 0.219 e. The monoisotopic (exact) mass is 538 g/mol. The van der Waals surface area contributed by atoms with Crippen LogP contribution in [0.4, 0.5) is 5.82 Å². The molecule has 168 valence electrons. The molecule has 0 spiro atoms. The van der Waals surface area contributed by atoms with E-state index in [1.807, 2.05) is 0 Å². The van der Waals surface area contributed by atoms with Crippen LogP contribution in [0.15, 0.2) is 91.6 Å². The van der Waals surface area contributed by atoms with E-state index in [0.29, 0.717) is 16.0 Å². The number of halogens is 1. The summed E-state index contributed by atoms with van der Waals surface area (Å²) in [5.41, 5.74) is 0. The van der Waals surface area contributed by atoms with Gasteiger partial charge in [0.15, 0.2) is 4.24 Å². The Morgan fingerprint density at radius 2 is 1.28 bits per heavy atom. The van der Waals surface area contributed by atoms with Gasteiger partial charge in [-0.3, -0.25) is 0 Å². The van der Waals surface area contributed by atoms with Crippen LogP contribution in [0.2, 0.25) is 0 Å². The molecule has 0 aliphatic carbocycles. The first-order chi connectivity index (χ1) is 15.2. The Morgan fingerprint density at radius 1 is 0.812 bits per heavy atom. The zero-order valence-electron chi connectivity index (χ0n) is 17.0. The second kappa shape index (κ2) is 9.72. The number of hydrogen-bond acceptors (Lipinski definition) is 8. The third-order valence-electron chi connectivity index (χ3n) is 4.33. The molecule has 0 bridgehead atoms. The van der Waals surface area contributed by atoms with E-state index in [-0.39, 0.29) is 15.6 Å². The predicted molar refractivity (Wildman–Crippen MR) is 124 cm³/mol. The lowest BCUT2D eigenvalue weighted by Gasteiger charge is -2.12. The summed E-state index contributed by atoms with van der Waals surface area (Å²) in [7, 11) is -5.99. The van der Waals surface area contributed by atoms with Gasteiger partial charge >= 0.3 is 0 Å². The van der Waals surface area contributed by atoms with Gasteiger partial charge in [-0.15, -0.1) is 0 Å². The Kier molecular flexibility index (Phi) is 7.22. The number of hydrogen-bond donors (Lipinski definition) is 1. The first kappa shape index (κ1) is 23.8. The summed E-state index contributed by atoms with van der Waals surface area (Å²) in [6.07, 6.45) is 2.42. The van der Waals surface area contributed by atoms with Crippen LogP contribution >= 0.6 is 15.9 Å². The van der Waals surface area contributed by atoms with Crippen LogP contribution in [0.1, 0.15) is 0 Å². The topological polar surface area (TPSA) is 112 Å². The summed E-state index contributed by atoms with van der Waals surface area (Å²) in [6.45, 7) is 0. The summed E-state index contributed by atoms with van der Waals surface area (Å²) in [4.78, 5) is 3.68. The molecular weight excluding hydrogens is 520 g/mol. The lowest BCUT2D eigenvalue weighted by Crippen LogP contribution is -2.17. The molecule has 0 radical (unpaired) electrons. The average molecular weight is 539 g/mol. The number of rotatable bonds is 8. The maximum atomic E-state index is 13.4. The van der Waals surface area contributed by atoms with Crippen molar-refractivity contribution in [3.05, 3.63) is 81.8 Å². The maximum Gasteiger partial charge on any atom is 0.219 e. The number of pyridine rings is 1. The highest BCUT2D eigenvalue weighted by molar-refractivity contribution is 9.10. The highest BCUT2D eigenvalue weighted by Crippen LogP contribution is 2.31. The molecule has 0 atom stereocenters. The summed E-state index contributed by atoms with van der Waals surface area (Å²) in [5.74, 6) is 1.13. The Hall–Kier alpha value is -2.89. The maximum absolute atomic E-state index is 13.4. The van der Waals surface area contributed by atoms with Crippen LogP contribution in [0.25, 0.3) is 0 Å². The minimum Gasteiger partial charge on any atom is -0.497 e. The fourth-order valence-electron chi connectivity index (χ4n) is 2.64. The molecule has 1 heterocycles. The highest BCUT2D eigenvalue weighted by Gasteiger charge is 2.34. The van der Waals surface area contributed by atoms with Crippen molar-refractivity contribution in [3.63, 3.8) is 0 Å². The minimum absolute atomic E-state index is 0.202. The first-order valence-corrected chi connectivity index (χ1v) is 12.8. The van der Waals surface area contributed by atoms with Gasteiger partial charge < -0.3 is 14.8 Å². The molecule has 0 amide bonds. The van der Waals surface area contributed by atoms with Crippen molar-refractivity contribution in [2.24, 2.45) is 0 Å². The molecule has 8 nitrogen and oxygen atoms in total. The number of aromatic nitrogens is 1. The van der Waals surface area contributed by atoms with Crippen LogP contribution in [-0.2, 0) is 19.7 Å². The van der Waals surface area contributed by atoms with Gasteiger partial charge in [-0.2, -0.15) is 0 Å². The third-order valence-corrected chi connectivity index (χ3v) is 9.20. The quantitative estimate of drug-likeness (QED) is 0.457. The minimum atomic E-state index is -4.44. The van der Waals surface area contributed by atoms with E-state index in [9.17, 15) is 16.8 Å². The van der Waals surface area contributed by atoms with Crippen molar-refractivity contribution in [3.8, 4) is 11.5 Å². The number of sulfone groups is 2. The van der Waals surface area contributed by atoms with Gasteiger partial charge in [0.2, 0.25) is 19.7 Å². The van der Waals surface area contributed by atoms with E-state index in [0.717, 1.165) is 6.20 Å². The van der Waals surface area contributed by atoms with E-state index in [1.54, 1.807) is 12.1 Å². The van der Waals surface area contributed by atoms with E-state index in [4.69, 9.17) is 9.47 Å². The number of nitrogens with zero attached hydrogens (tertiary/aromatic N) is 1. The number of ether oxygens (including phenoxy) is 2. The van der Waals surface area contributed by atoms with E-state index < -0.39 is 23.9 Å². The fourth-order valence-corrected chi connectivity index (χ4v) is 6.48. The molecule has 32 heavy (non-hydrogen) atoms. The van der Waals surface area contributed by atoms with E-state index >= 15 is 0 Å². The Labute approximate surface area is 194 Å². The molecule has 3 aromatic rings. The molecule has 1 aromatic heterocycles. The van der Waals surface area contributed by atoms with Crippen LogP contribution in [-0.4, -0.2) is 36.0 Å².